The smallest absolute Gasteiger partial charge is 0.251 e. The van der Waals surface area contributed by atoms with Gasteiger partial charge in [-0.15, -0.1) is 0 Å². The number of hydrogen-bond donors (Lipinski definition) is 1. The Kier molecular flexibility index (Phi) is 5.45. The van der Waals surface area contributed by atoms with E-state index >= 15 is 0 Å². The lowest BCUT2D eigenvalue weighted by Gasteiger charge is -2.38. The van der Waals surface area contributed by atoms with E-state index in [2.05, 4.69) is 4.90 Å². The number of imide groups is 1. The molecule has 0 aliphatic carbocycles. The van der Waals surface area contributed by atoms with Gasteiger partial charge in [0.05, 0.1) is 18.2 Å². The Morgan fingerprint density at radius 1 is 1.12 bits per heavy atom. The minimum absolute atomic E-state index is 0.0869. The molecule has 7 heteroatoms. The summed E-state index contributed by atoms with van der Waals surface area (Å²) in [6, 6.07) is 4.40. The molecule has 0 aromatic heterocycles. The Bertz CT molecular complexity index is 630. The second-order valence-electron chi connectivity index (χ2n) is 6.31. The monoisotopic (exact) mass is 370 g/mol. The van der Waals surface area contributed by atoms with Gasteiger partial charge in [0.2, 0.25) is 5.91 Å². The van der Waals surface area contributed by atoms with E-state index in [1.54, 1.807) is 18.2 Å². The first kappa shape index (κ1) is 17.7. The SMILES string of the molecule is O=C1C[C@H](N2CCCC[C@H]2CCO)C(=O)N1c1cc(Cl)cc(Cl)c1. The number of hydrogen-bond acceptors (Lipinski definition) is 4. The molecule has 5 nitrogen and oxygen atoms in total. The summed E-state index contributed by atoms with van der Waals surface area (Å²) >= 11 is 12.0. The first-order chi connectivity index (χ1) is 11.5. The van der Waals surface area contributed by atoms with Crippen molar-refractivity contribution in [1.29, 1.82) is 0 Å². The minimum Gasteiger partial charge on any atom is -0.396 e. The van der Waals surface area contributed by atoms with E-state index in [1.165, 1.54) is 4.90 Å². The molecule has 0 radical (unpaired) electrons. The molecule has 0 saturated carbocycles. The largest absolute Gasteiger partial charge is 0.396 e. The number of anilines is 1. The topological polar surface area (TPSA) is 60.9 Å². The van der Waals surface area contributed by atoms with Gasteiger partial charge in [0.1, 0.15) is 0 Å². The fourth-order valence-electron chi connectivity index (χ4n) is 3.71. The zero-order chi connectivity index (χ0) is 17.3. The summed E-state index contributed by atoms with van der Waals surface area (Å²) in [6.07, 6.45) is 3.82. The van der Waals surface area contributed by atoms with Gasteiger partial charge in [0.15, 0.2) is 0 Å². The molecular formula is C17H20Cl2N2O3. The number of nitrogens with zero attached hydrogens (tertiary/aromatic N) is 2. The second kappa shape index (κ2) is 7.40. The summed E-state index contributed by atoms with van der Waals surface area (Å²) in [5.41, 5.74) is 0.417. The van der Waals surface area contributed by atoms with E-state index in [-0.39, 0.29) is 30.9 Å². The summed E-state index contributed by atoms with van der Waals surface area (Å²) < 4.78 is 0. The third-order valence-electron chi connectivity index (χ3n) is 4.76. The molecule has 2 fully saturated rings. The van der Waals surface area contributed by atoms with Crippen LogP contribution in [-0.4, -0.2) is 47.1 Å². The summed E-state index contributed by atoms with van der Waals surface area (Å²) in [4.78, 5) is 28.6. The van der Waals surface area contributed by atoms with E-state index < -0.39 is 6.04 Å². The molecule has 3 rings (SSSR count). The third-order valence-corrected chi connectivity index (χ3v) is 5.20. The normalized spacial score (nSPS) is 25.5. The van der Waals surface area contributed by atoms with Crippen LogP contribution in [0.5, 0.6) is 0 Å². The second-order valence-corrected chi connectivity index (χ2v) is 7.19. The molecule has 2 atom stereocenters. The zero-order valence-electron chi connectivity index (χ0n) is 13.3. The molecule has 1 aromatic rings. The van der Waals surface area contributed by atoms with E-state index in [1.807, 2.05) is 0 Å². The molecule has 2 amide bonds. The molecule has 1 aromatic carbocycles. The standard InChI is InChI=1S/C17H20Cl2N2O3/c18-11-7-12(19)9-14(8-11)21-16(23)10-15(17(21)24)20-5-2-1-3-13(20)4-6-22/h7-9,13,15,22H,1-6,10H2/t13-,15-/m0/s1. The number of rotatable bonds is 4. The molecule has 2 aliphatic heterocycles. The van der Waals surface area contributed by atoms with Gasteiger partial charge in [-0.25, -0.2) is 4.90 Å². The van der Waals surface area contributed by atoms with Gasteiger partial charge >= 0.3 is 0 Å². The molecule has 130 valence electrons. The van der Waals surface area contributed by atoms with Crippen LogP contribution in [0, 0.1) is 0 Å². The van der Waals surface area contributed by atoms with Crippen molar-refractivity contribution >= 4 is 40.7 Å². The lowest BCUT2D eigenvalue weighted by atomic mass is 9.97. The highest BCUT2D eigenvalue weighted by Crippen LogP contribution is 2.33. The number of halogens is 2. The van der Waals surface area contributed by atoms with Gasteiger partial charge in [0, 0.05) is 22.7 Å². The van der Waals surface area contributed by atoms with Crippen molar-refractivity contribution in [3.05, 3.63) is 28.2 Å². The maximum absolute atomic E-state index is 12.9. The van der Waals surface area contributed by atoms with Crippen LogP contribution in [0.15, 0.2) is 18.2 Å². The average molecular weight is 371 g/mol. The zero-order valence-corrected chi connectivity index (χ0v) is 14.8. The highest BCUT2D eigenvalue weighted by atomic mass is 35.5. The lowest BCUT2D eigenvalue weighted by Crippen LogP contribution is -2.50. The predicted molar refractivity (Wildman–Crippen MR) is 93.4 cm³/mol. The van der Waals surface area contributed by atoms with Gasteiger partial charge in [0.25, 0.3) is 5.91 Å². The fourth-order valence-corrected chi connectivity index (χ4v) is 4.22. The van der Waals surface area contributed by atoms with Crippen LogP contribution in [-0.2, 0) is 9.59 Å². The van der Waals surface area contributed by atoms with Crippen LogP contribution in [0.25, 0.3) is 0 Å². The van der Waals surface area contributed by atoms with Gasteiger partial charge in [-0.1, -0.05) is 29.6 Å². The molecule has 2 aliphatic rings. The van der Waals surface area contributed by atoms with Crippen LogP contribution in [0.1, 0.15) is 32.1 Å². The first-order valence-electron chi connectivity index (χ1n) is 8.20. The maximum Gasteiger partial charge on any atom is 0.251 e. The van der Waals surface area contributed by atoms with Gasteiger partial charge < -0.3 is 5.11 Å². The quantitative estimate of drug-likeness (QED) is 0.827. The van der Waals surface area contributed by atoms with Crippen LogP contribution in [0.4, 0.5) is 5.69 Å². The first-order valence-corrected chi connectivity index (χ1v) is 8.96. The van der Waals surface area contributed by atoms with Gasteiger partial charge in [-0.05, 0) is 44.0 Å². The van der Waals surface area contributed by atoms with Crippen LogP contribution in [0.2, 0.25) is 10.0 Å². The summed E-state index contributed by atoms with van der Waals surface area (Å²) in [5.74, 6) is -0.472. The van der Waals surface area contributed by atoms with Crippen molar-refractivity contribution in [3.63, 3.8) is 0 Å². The number of likely N-dealkylation sites (tertiary alicyclic amines) is 1. The third kappa shape index (κ3) is 3.45. The van der Waals surface area contributed by atoms with Crippen molar-refractivity contribution in [3.8, 4) is 0 Å². The number of amides is 2. The molecule has 0 bridgehead atoms. The Morgan fingerprint density at radius 2 is 1.83 bits per heavy atom. The van der Waals surface area contributed by atoms with Crippen molar-refractivity contribution in [2.75, 3.05) is 18.1 Å². The Balaban J connectivity index is 1.85. The Hall–Kier alpha value is -1.14. The van der Waals surface area contributed by atoms with E-state index in [4.69, 9.17) is 23.2 Å². The summed E-state index contributed by atoms with van der Waals surface area (Å²) in [6.45, 7) is 0.863. The number of benzene rings is 1. The van der Waals surface area contributed by atoms with Crippen molar-refractivity contribution in [2.45, 2.75) is 44.2 Å². The highest BCUT2D eigenvalue weighted by Gasteiger charge is 2.45. The summed E-state index contributed by atoms with van der Waals surface area (Å²) in [7, 11) is 0. The lowest BCUT2D eigenvalue weighted by molar-refractivity contribution is -0.123. The fraction of sp³-hybridized carbons (Fsp3) is 0.529. The maximum atomic E-state index is 12.9. The van der Waals surface area contributed by atoms with Gasteiger partial charge in [-0.2, -0.15) is 0 Å². The van der Waals surface area contributed by atoms with Crippen LogP contribution < -0.4 is 4.90 Å². The van der Waals surface area contributed by atoms with E-state index in [9.17, 15) is 14.7 Å². The van der Waals surface area contributed by atoms with Crippen LogP contribution >= 0.6 is 23.2 Å². The molecular weight excluding hydrogens is 351 g/mol. The highest BCUT2D eigenvalue weighted by molar-refractivity contribution is 6.35. The number of carbonyl (C=O) groups excluding carboxylic acids is 2. The molecule has 2 saturated heterocycles. The molecule has 0 spiro atoms. The van der Waals surface area contributed by atoms with Crippen LogP contribution in [0.3, 0.4) is 0 Å². The van der Waals surface area contributed by atoms with E-state index in [0.717, 1.165) is 25.8 Å². The van der Waals surface area contributed by atoms with Crippen molar-refractivity contribution < 1.29 is 14.7 Å². The molecule has 1 N–H and O–H groups in total. The minimum atomic E-state index is -0.466. The number of aliphatic hydroxyl groups is 1. The number of carbonyl (C=O) groups is 2. The summed E-state index contributed by atoms with van der Waals surface area (Å²) in [5, 5.41) is 10.0. The van der Waals surface area contributed by atoms with Crippen molar-refractivity contribution in [2.24, 2.45) is 0 Å². The Labute approximate surface area is 151 Å². The molecule has 24 heavy (non-hydrogen) atoms. The predicted octanol–water partition coefficient (Wildman–Crippen LogP) is 2.86. The average Bonchev–Trinajstić information content (AvgIpc) is 2.82. The number of piperidine rings is 1. The van der Waals surface area contributed by atoms with Gasteiger partial charge in [-0.3, -0.25) is 14.5 Å². The van der Waals surface area contributed by atoms with Crippen molar-refractivity contribution in [1.82, 2.24) is 4.90 Å². The molecule has 2 heterocycles. The molecule has 0 unspecified atom stereocenters. The number of aliphatic hydroxyl groups excluding tert-OH is 1. The van der Waals surface area contributed by atoms with E-state index in [0.29, 0.717) is 22.2 Å². The Morgan fingerprint density at radius 3 is 2.50 bits per heavy atom.